The number of hydrogen-bond acceptors (Lipinski definition) is 4. The number of hydrogen-bond donors (Lipinski definition) is 0. The summed E-state index contributed by atoms with van der Waals surface area (Å²) in [6, 6.07) is 0.599. The van der Waals surface area contributed by atoms with Crippen LogP contribution in [0, 0.1) is 0 Å². The van der Waals surface area contributed by atoms with Crippen LogP contribution in [-0.4, -0.2) is 67.9 Å². The van der Waals surface area contributed by atoms with Crippen LogP contribution < -0.4 is 0 Å². The van der Waals surface area contributed by atoms with E-state index in [2.05, 4.69) is 11.9 Å². The summed E-state index contributed by atoms with van der Waals surface area (Å²) in [6.45, 7) is 3.28. The molecule has 0 aromatic carbocycles. The van der Waals surface area contributed by atoms with Gasteiger partial charge in [0.15, 0.2) is 9.84 Å². The molecule has 0 radical (unpaired) electrons. The molecule has 0 aromatic heterocycles. The van der Waals surface area contributed by atoms with E-state index in [0.717, 1.165) is 32.1 Å². The highest BCUT2D eigenvalue weighted by atomic mass is 32.2. The first-order chi connectivity index (χ1) is 8.82. The van der Waals surface area contributed by atoms with E-state index in [1.807, 2.05) is 4.90 Å². The Morgan fingerprint density at radius 2 is 1.74 bits per heavy atom. The molecule has 0 unspecified atom stereocenters. The maximum absolute atomic E-state index is 12.4. The van der Waals surface area contributed by atoms with Crippen molar-refractivity contribution in [1.29, 1.82) is 0 Å². The molecule has 2 saturated heterocycles. The van der Waals surface area contributed by atoms with Crippen LogP contribution in [0.1, 0.15) is 32.6 Å². The largest absolute Gasteiger partial charge is 0.337 e. The summed E-state index contributed by atoms with van der Waals surface area (Å²) in [5, 5.41) is -0.917. The van der Waals surface area contributed by atoms with Gasteiger partial charge in [0.1, 0.15) is 5.25 Å². The van der Waals surface area contributed by atoms with Crippen molar-refractivity contribution in [2.75, 3.05) is 26.4 Å². The molecule has 2 heterocycles. The molecule has 5 nitrogen and oxygen atoms in total. The zero-order chi connectivity index (χ0) is 14.2. The van der Waals surface area contributed by atoms with Crippen molar-refractivity contribution in [2.24, 2.45) is 0 Å². The average molecular weight is 288 g/mol. The Bertz CT molecular complexity index is 449. The van der Waals surface area contributed by atoms with Crippen molar-refractivity contribution in [3.8, 4) is 0 Å². The molecule has 0 aliphatic carbocycles. The van der Waals surface area contributed by atoms with Crippen LogP contribution in [0.2, 0.25) is 0 Å². The number of carbonyl (C=O) groups is 1. The Labute approximate surface area is 115 Å². The second-order valence-electron chi connectivity index (χ2n) is 5.90. The van der Waals surface area contributed by atoms with Crippen LogP contribution in [0.5, 0.6) is 0 Å². The fourth-order valence-corrected chi connectivity index (χ4v) is 3.81. The minimum absolute atomic E-state index is 0.198. The predicted molar refractivity (Wildman–Crippen MR) is 74.7 cm³/mol. The lowest BCUT2D eigenvalue weighted by Gasteiger charge is -2.34. The molecule has 0 N–H and O–H groups in total. The molecule has 6 heteroatoms. The van der Waals surface area contributed by atoms with Crippen LogP contribution in [0.3, 0.4) is 0 Å². The normalized spacial score (nSPS) is 30.8. The Morgan fingerprint density at radius 1 is 1.16 bits per heavy atom. The SMILES string of the molecule is C[C@H](C(=O)N1CCC[C@H]1[C@@H]1CCCN1C)S(C)(=O)=O. The van der Waals surface area contributed by atoms with Crippen molar-refractivity contribution in [3.05, 3.63) is 0 Å². The van der Waals surface area contributed by atoms with Gasteiger partial charge in [0.25, 0.3) is 0 Å². The van der Waals surface area contributed by atoms with Gasteiger partial charge < -0.3 is 9.80 Å². The van der Waals surface area contributed by atoms with Crippen molar-refractivity contribution in [3.63, 3.8) is 0 Å². The van der Waals surface area contributed by atoms with Crippen LogP contribution in [0.25, 0.3) is 0 Å². The lowest BCUT2D eigenvalue weighted by Crippen LogP contribution is -2.50. The van der Waals surface area contributed by atoms with E-state index >= 15 is 0 Å². The zero-order valence-electron chi connectivity index (χ0n) is 12.0. The van der Waals surface area contributed by atoms with Gasteiger partial charge in [-0.25, -0.2) is 8.42 Å². The van der Waals surface area contributed by atoms with Crippen molar-refractivity contribution in [1.82, 2.24) is 9.80 Å². The standard InChI is InChI=1S/C13H24N2O3S/c1-10(19(3,17)18)13(16)15-9-5-7-12(15)11-6-4-8-14(11)2/h10-12H,4-9H2,1-3H3/t10-,11+,12+/m1/s1. The minimum Gasteiger partial charge on any atom is -0.337 e. The van der Waals surface area contributed by atoms with E-state index in [0.29, 0.717) is 12.6 Å². The van der Waals surface area contributed by atoms with Gasteiger partial charge in [-0.1, -0.05) is 0 Å². The Hall–Kier alpha value is -0.620. The average Bonchev–Trinajstić information content (AvgIpc) is 2.93. The molecule has 3 atom stereocenters. The smallest absolute Gasteiger partial charge is 0.240 e. The van der Waals surface area contributed by atoms with Gasteiger partial charge in [-0.15, -0.1) is 0 Å². The first-order valence-electron chi connectivity index (χ1n) is 7.02. The van der Waals surface area contributed by atoms with E-state index in [-0.39, 0.29) is 11.9 Å². The number of likely N-dealkylation sites (tertiary alicyclic amines) is 2. The van der Waals surface area contributed by atoms with Gasteiger partial charge in [-0.05, 0) is 46.2 Å². The Balaban J connectivity index is 2.12. The summed E-state index contributed by atoms with van der Waals surface area (Å²) in [5.41, 5.74) is 0. The highest BCUT2D eigenvalue weighted by Crippen LogP contribution is 2.29. The second kappa shape index (κ2) is 5.40. The molecule has 0 bridgehead atoms. The summed E-state index contributed by atoms with van der Waals surface area (Å²) in [6.07, 6.45) is 5.40. The molecular weight excluding hydrogens is 264 g/mol. The van der Waals surface area contributed by atoms with Gasteiger partial charge in [0.2, 0.25) is 5.91 Å². The molecule has 2 rings (SSSR count). The molecule has 1 amide bonds. The molecule has 19 heavy (non-hydrogen) atoms. The van der Waals surface area contributed by atoms with Crippen LogP contribution in [0.15, 0.2) is 0 Å². The lowest BCUT2D eigenvalue weighted by molar-refractivity contribution is -0.132. The fourth-order valence-electron chi connectivity index (χ4n) is 3.30. The topological polar surface area (TPSA) is 57.7 Å². The van der Waals surface area contributed by atoms with E-state index in [1.54, 1.807) is 0 Å². The maximum atomic E-state index is 12.4. The quantitative estimate of drug-likeness (QED) is 0.759. The van der Waals surface area contributed by atoms with Crippen molar-refractivity contribution in [2.45, 2.75) is 49.9 Å². The number of nitrogens with zero attached hydrogens (tertiary/aromatic N) is 2. The summed E-state index contributed by atoms with van der Waals surface area (Å²) in [5.74, 6) is -0.217. The molecule has 0 spiro atoms. The molecule has 2 aliphatic heterocycles. The van der Waals surface area contributed by atoms with E-state index in [1.165, 1.54) is 13.3 Å². The van der Waals surface area contributed by atoms with Crippen molar-refractivity contribution < 1.29 is 13.2 Å². The lowest BCUT2D eigenvalue weighted by atomic mass is 10.0. The number of amides is 1. The second-order valence-corrected chi connectivity index (χ2v) is 8.27. The summed E-state index contributed by atoms with van der Waals surface area (Å²) >= 11 is 0. The molecule has 110 valence electrons. The van der Waals surface area contributed by atoms with Crippen LogP contribution >= 0.6 is 0 Å². The van der Waals surface area contributed by atoms with E-state index in [9.17, 15) is 13.2 Å². The van der Waals surface area contributed by atoms with E-state index < -0.39 is 15.1 Å². The third-order valence-electron chi connectivity index (χ3n) is 4.59. The molecule has 2 aliphatic rings. The fraction of sp³-hybridized carbons (Fsp3) is 0.923. The van der Waals surface area contributed by atoms with Crippen LogP contribution in [0.4, 0.5) is 0 Å². The monoisotopic (exact) mass is 288 g/mol. The maximum Gasteiger partial charge on any atom is 0.240 e. The summed E-state index contributed by atoms with van der Waals surface area (Å²) in [4.78, 5) is 16.5. The van der Waals surface area contributed by atoms with Gasteiger partial charge in [0.05, 0.1) is 0 Å². The van der Waals surface area contributed by atoms with Gasteiger partial charge in [0, 0.05) is 24.9 Å². The molecule has 0 saturated carbocycles. The molecule has 0 aromatic rings. The van der Waals surface area contributed by atoms with Crippen LogP contribution in [-0.2, 0) is 14.6 Å². The van der Waals surface area contributed by atoms with Gasteiger partial charge >= 0.3 is 0 Å². The number of rotatable bonds is 3. The third kappa shape index (κ3) is 2.94. The van der Waals surface area contributed by atoms with E-state index in [4.69, 9.17) is 0 Å². The Morgan fingerprint density at radius 3 is 2.26 bits per heavy atom. The van der Waals surface area contributed by atoms with Crippen molar-refractivity contribution >= 4 is 15.7 Å². The first-order valence-corrected chi connectivity index (χ1v) is 8.97. The number of carbonyl (C=O) groups excluding carboxylic acids is 1. The first kappa shape index (κ1) is 14.8. The summed E-state index contributed by atoms with van der Waals surface area (Å²) < 4.78 is 23.1. The number of likely N-dealkylation sites (N-methyl/N-ethyl adjacent to an activating group) is 1. The molecular formula is C13H24N2O3S. The van der Waals surface area contributed by atoms with Gasteiger partial charge in [-0.2, -0.15) is 0 Å². The minimum atomic E-state index is -3.30. The highest BCUT2D eigenvalue weighted by molar-refractivity contribution is 7.92. The zero-order valence-corrected chi connectivity index (χ0v) is 12.8. The predicted octanol–water partition coefficient (Wildman–Crippen LogP) is 0.505. The summed E-state index contributed by atoms with van der Waals surface area (Å²) in [7, 11) is -1.21. The molecule has 2 fully saturated rings. The third-order valence-corrected chi connectivity index (χ3v) is 6.08. The number of sulfone groups is 1. The van der Waals surface area contributed by atoms with Gasteiger partial charge in [-0.3, -0.25) is 4.79 Å². The Kier molecular flexibility index (Phi) is 4.20. The highest BCUT2D eigenvalue weighted by Gasteiger charge is 2.41.